The van der Waals surface area contributed by atoms with Gasteiger partial charge in [0.2, 0.25) is 0 Å². The molecule has 0 radical (unpaired) electrons. The first-order valence-corrected chi connectivity index (χ1v) is 4.94. The van der Waals surface area contributed by atoms with E-state index in [1.807, 2.05) is 0 Å². The van der Waals surface area contributed by atoms with Crippen LogP contribution in [0.3, 0.4) is 0 Å². The maximum absolute atomic E-state index is 13.4. The van der Waals surface area contributed by atoms with Gasteiger partial charge in [-0.05, 0) is 24.6 Å². The van der Waals surface area contributed by atoms with Gasteiger partial charge in [0.15, 0.2) is 0 Å². The van der Waals surface area contributed by atoms with Gasteiger partial charge in [0.1, 0.15) is 11.5 Å². The minimum atomic E-state index is -0.524. The third kappa shape index (κ3) is 2.25. The number of carbonyl (C=O) groups excluding carboxylic acids is 1. The van der Waals surface area contributed by atoms with Crippen LogP contribution in [0.15, 0.2) is 24.4 Å². The van der Waals surface area contributed by atoms with E-state index in [4.69, 9.17) is 5.73 Å². The van der Waals surface area contributed by atoms with E-state index in [2.05, 4.69) is 15.5 Å². The molecule has 2 aromatic rings. The molecular weight excluding hydrogens is 223 g/mol. The van der Waals surface area contributed by atoms with Gasteiger partial charge in [-0.2, -0.15) is 5.10 Å². The number of hydrogen-bond acceptors (Lipinski definition) is 3. The highest BCUT2D eigenvalue weighted by Gasteiger charge is 2.13. The van der Waals surface area contributed by atoms with Crippen LogP contribution in [0, 0.1) is 12.7 Å². The number of amides is 1. The van der Waals surface area contributed by atoms with E-state index < -0.39 is 11.7 Å². The van der Waals surface area contributed by atoms with E-state index in [9.17, 15) is 9.18 Å². The van der Waals surface area contributed by atoms with Crippen molar-refractivity contribution >= 4 is 17.3 Å². The second-order valence-corrected chi connectivity index (χ2v) is 3.64. The SMILES string of the molecule is Cc1ccc(F)c(NC(=O)c2[nH]ncc2N)c1. The first kappa shape index (κ1) is 11.1. The lowest BCUT2D eigenvalue weighted by atomic mass is 10.2. The molecule has 5 nitrogen and oxygen atoms in total. The maximum atomic E-state index is 13.4. The summed E-state index contributed by atoms with van der Waals surface area (Å²) in [5.41, 5.74) is 6.81. The summed E-state index contributed by atoms with van der Waals surface area (Å²) in [6.45, 7) is 1.81. The fourth-order valence-electron chi connectivity index (χ4n) is 1.40. The van der Waals surface area contributed by atoms with Crippen LogP contribution in [0.2, 0.25) is 0 Å². The molecule has 2 rings (SSSR count). The summed E-state index contributed by atoms with van der Waals surface area (Å²) >= 11 is 0. The molecule has 0 atom stereocenters. The summed E-state index contributed by atoms with van der Waals surface area (Å²) in [5.74, 6) is -1.02. The largest absolute Gasteiger partial charge is 0.396 e. The summed E-state index contributed by atoms with van der Waals surface area (Å²) in [5, 5.41) is 8.50. The van der Waals surface area contributed by atoms with Crippen molar-refractivity contribution in [3.63, 3.8) is 0 Å². The number of aromatic amines is 1. The van der Waals surface area contributed by atoms with Crippen molar-refractivity contribution in [1.82, 2.24) is 10.2 Å². The lowest BCUT2D eigenvalue weighted by Gasteiger charge is -2.06. The van der Waals surface area contributed by atoms with Gasteiger partial charge in [-0.3, -0.25) is 9.89 Å². The van der Waals surface area contributed by atoms with E-state index in [-0.39, 0.29) is 17.1 Å². The first-order valence-electron chi connectivity index (χ1n) is 4.94. The predicted molar refractivity (Wildman–Crippen MR) is 62.1 cm³/mol. The Morgan fingerprint density at radius 1 is 1.53 bits per heavy atom. The lowest BCUT2D eigenvalue weighted by molar-refractivity contribution is 0.102. The van der Waals surface area contributed by atoms with Crippen LogP contribution < -0.4 is 11.1 Å². The van der Waals surface area contributed by atoms with Crippen molar-refractivity contribution in [2.24, 2.45) is 0 Å². The second-order valence-electron chi connectivity index (χ2n) is 3.64. The Balaban J connectivity index is 2.24. The number of aryl methyl sites for hydroxylation is 1. The summed E-state index contributed by atoms with van der Waals surface area (Å²) in [4.78, 5) is 11.7. The van der Waals surface area contributed by atoms with E-state index >= 15 is 0 Å². The van der Waals surface area contributed by atoms with Gasteiger partial charge in [0, 0.05) is 0 Å². The molecule has 0 bridgehead atoms. The Bertz CT molecular complexity index is 564. The van der Waals surface area contributed by atoms with Crippen molar-refractivity contribution in [3.05, 3.63) is 41.5 Å². The highest BCUT2D eigenvalue weighted by Crippen LogP contribution is 2.17. The normalized spacial score (nSPS) is 10.2. The van der Waals surface area contributed by atoms with Crippen molar-refractivity contribution in [3.8, 4) is 0 Å². The number of benzene rings is 1. The van der Waals surface area contributed by atoms with E-state index in [1.54, 1.807) is 19.1 Å². The molecule has 0 spiro atoms. The fraction of sp³-hybridized carbons (Fsp3) is 0.0909. The van der Waals surface area contributed by atoms with Gasteiger partial charge >= 0.3 is 0 Å². The van der Waals surface area contributed by atoms with Gasteiger partial charge in [0.05, 0.1) is 17.6 Å². The number of anilines is 2. The van der Waals surface area contributed by atoms with Crippen LogP contribution >= 0.6 is 0 Å². The molecule has 88 valence electrons. The zero-order valence-electron chi connectivity index (χ0n) is 9.12. The molecule has 0 aliphatic heterocycles. The second kappa shape index (κ2) is 4.25. The highest BCUT2D eigenvalue weighted by molar-refractivity contribution is 6.06. The van der Waals surface area contributed by atoms with E-state index in [0.717, 1.165) is 5.56 Å². The molecule has 6 heteroatoms. The van der Waals surface area contributed by atoms with Gasteiger partial charge in [0.25, 0.3) is 5.91 Å². The standard InChI is InChI=1S/C11H11FN4O/c1-6-2-3-7(12)9(4-6)15-11(17)10-8(13)5-14-16-10/h2-5H,13H2,1H3,(H,14,16)(H,15,17). The number of halogens is 1. The Morgan fingerprint density at radius 2 is 2.29 bits per heavy atom. The molecule has 0 fully saturated rings. The number of nitrogens with one attached hydrogen (secondary N) is 2. The minimum absolute atomic E-state index is 0.115. The van der Waals surface area contributed by atoms with Crippen LogP contribution in [-0.2, 0) is 0 Å². The molecule has 0 unspecified atom stereocenters. The molecule has 0 aliphatic carbocycles. The predicted octanol–water partition coefficient (Wildman–Crippen LogP) is 1.69. The number of rotatable bonds is 2. The monoisotopic (exact) mass is 234 g/mol. The van der Waals surface area contributed by atoms with Crippen LogP contribution in [0.25, 0.3) is 0 Å². The van der Waals surface area contributed by atoms with Crippen LogP contribution in [0.1, 0.15) is 16.1 Å². The molecule has 1 heterocycles. The van der Waals surface area contributed by atoms with E-state index in [0.29, 0.717) is 0 Å². The average molecular weight is 234 g/mol. The number of carbonyl (C=O) groups is 1. The van der Waals surface area contributed by atoms with Gasteiger partial charge in [-0.15, -0.1) is 0 Å². The number of nitrogens with two attached hydrogens (primary N) is 1. The minimum Gasteiger partial charge on any atom is -0.396 e. The Labute approximate surface area is 96.8 Å². The fourth-order valence-corrected chi connectivity index (χ4v) is 1.40. The molecule has 1 aromatic heterocycles. The number of aromatic nitrogens is 2. The van der Waals surface area contributed by atoms with Gasteiger partial charge in [-0.25, -0.2) is 4.39 Å². The topological polar surface area (TPSA) is 83.8 Å². The highest BCUT2D eigenvalue weighted by atomic mass is 19.1. The molecule has 1 amide bonds. The van der Waals surface area contributed by atoms with Crippen molar-refractivity contribution < 1.29 is 9.18 Å². The number of hydrogen-bond donors (Lipinski definition) is 3. The lowest BCUT2D eigenvalue weighted by Crippen LogP contribution is -2.15. The Kier molecular flexibility index (Phi) is 2.78. The third-order valence-corrected chi connectivity index (χ3v) is 2.27. The summed E-state index contributed by atoms with van der Waals surface area (Å²) in [6.07, 6.45) is 1.32. The average Bonchev–Trinajstić information content (AvgIpc) is 2.70. The van der Waals surface area contributed by atoms with Crippen LogP contribution in [0.5, 0.6) is 0 Å². The number of H-pyrrole nitrogens is 1. The molecule has 0 saturated heterocycles. The van der Waals surface area contributed by atoms with Crippen molar-refractivity contribution in [1.29, 1.82) is 0 Å². The molecule has 0 saturated carbocycles. The van der Waals surface area contributed by atoms with Crippen LogP contribution in [0.4, 0.5) is 15.8 Å². The molecule has 17 heavy (non-hydrogen) atoms. The zero-order valence-corrected chi connectivity index (χ0v) is 9.12. The number of nitrogens with zero attached hydrogens (tertiary/aromatic N) is 1. The smallest absolute Gasteiger partial charge is 0.275 e. The van der Waals surface area contributed by atoms with Crippen molar-refractivity contribution in [2.75, 3.05) is 11.1 Å². The van der Waals surface area contributed by atoms with E-state index in [1.165, 1.54) is 12.3 Å². The first-order chi connectivity index (χ1) is 8.08. The summed E-state index contributed by atoms with van der Waals surface area (Å²) in [7, 11) is 0. The molecule has 4 N–H and O–H groups in total. The third-order valence-electron chi connectivity index (χ3n) is 2.27. The summed E-state index contributed by atoms with van der Waals surface area (Å²) < 4.78 is 13.4. The summed E-state index contributed by atoms with van der Waals surface area (Å²) in [6, 6.07) is 4.45. The zero-order chi connectivity index (χ0) is 12.4. The van der Waals surface area contributed by atoms with Gasteiger partial charge < -0.3 is 11.1 Å². The quantitative estimate of drug-likeness (QED) is 0.739. The Morgan fingerprint density at radius 3 is 2.94 bits per heavy atom. The number of nitrogen functional groups attached to an aromatic ring is 1. The molecule has 1 aromatic carbocycles. The van der Waals surface area contributed by atoms with Crippen molar-refractivity contribution in [2.45, 2.75) is 6.92 Å². The van der Waals surface area contributed by atoms with Crippen LogP contribution in [-0.4, -0.2) is 16.1 Å². The Hall–Kier alpha value is -2.37. The van der Waals surface area contributed by atoms with Gasteiger partial charge in [-0.1, -0.05) is 6.07 Å². The maximum Gasteiger partial charge on any atom is 0.275 e. The molecular formula is C11H11FN4O. The molecule has 0 aliphatic rings.